The Morgan fingerprint density at radius 3 is 2.62 bits per heavy atom. The van der Waals surface area contributed by atoms with E-state index in [0.29, 0.717) is 37.7 Å². The largest absolute Gasteiger partial charge is 0.352 e. The monoisotopic (exact) mass is 352 g/mol. The molecule has 9 nitrogen and oxygen atoms in total. The molecule has 0 aliphatic carbocycles. The van der Waals surface area contributed by atoms with Crippen LogP contribution in [0.2, 0.25) is 0 Å². The number of nitrogens with zero attached hydrogens (tertiary/aromatic N) is 8. The molecule has 3 aromatic rings. The van der Waals surface area contributed by atoms with Gasteiger partial charge in [0.15, 0.2) is 0 Å². The lowest BCUT2D eigenvalue weighted by Gasteiger charge is -2.35. The molecule has 0 bridgehead atoms. The molecule has 1 amide bonds. The highest BCUT2D eigenvalue weighted by Gasteiger charge is 2.25. The lowest BCUT2D eigenvalue weighted by molar-refractivity contribution is 0.0740. The summed E-state index contributed by atoms with van der Waals surface area (Å²) in [4.78, 5) is 33.9. The van der Waals surface area contributed by atoms with Gasteiger partial charge in [0.25, 0.3) is 11.7 Å². The predicted molar refractivity (Wildman–Crippen MR) is 95.0 cm³/mol. The van der Waals surface area contributed by atoms with E-state index in [4.69, 9.17) is 0 Å². The molecule has 1 saturated heterocycles. The Morgan fingerprint density at radius 2 is 1.92 bits per heavy atom. The maximum absolute atomic E-state index is 12.9. The summed E-state index contributed by atoms with van der Waals surface area (Å²) >= 11 is 0. The topological polar surface area (TPSA) is 92.4 Å². The van der Waals surface area contributed by atoms with Crippen molar-refractivity contribution in [3.05, 3.63) is 42.4 Å². The number of fused-ring (bicyclic) bond motifs is 1. The highest BCUT2D eigenvalue weighted by atomic mass is 16.2. The molecule has 0 saturated carbocycles. The molecule has 1 aliphatic rings. The van der Waals surface area contributed by atoms with E-state index in [9.17, 15) is 4.79 Å². The van der Waals surface area contributed by atoms with Gasteiger partial charge in [0.2, 0.25) is 0 Å². The molecule has 3 aromatic heterocycles. The number of rotatable bonds is 3. The second-order valence-electron chi connectivity index (χ2n) is 6.54. The third-order valence-electron chi connectivity index (χ3n) is 4.53. The van der Waals surface area contributed by atoms with Gasteiger partial charge in [-0.05, 0) is 12.0 Å². The zero-order valence-electron chi connectivity index (χ0n) is 14.8. The van der Waals surface area contributed by atoms with Crippen LogP contribution >= 0.6 is 0 Å². The van der Waals surface area contributed by atoms with Gasteiger partial charge >= 0.3 is 0 Å². The standard InChI is InChI=1S/C17H20N8O/c1-12(2)14-9-13(22-17-20-11-21-25(14)17)16(26)24-7-5-23(6-8-24)15-10-18-3-4-19-15/h3-4,9-12H,5-8H2,1-2H3. The number of hydrogen-bond donors (Lipinski definition) is 0. The van der Waals surface area contributed by atoms with Crippen LogP contribution < -0.4 is 4.90 Å². The van der Waals surface area contributed by atoms with Crippen molar-refractivity contribution < 1.29 is 4.79 Å². The summed E-state index contributed by atoms with van der Waals surface area (Å²) in [6.45, 7) is 6.79. The maximum atomic E-state index is 12.9. The normalized spacial score (nSPS) is 15.0. The van der Waals surface area contributed by atoms with Crippen LogP contribution in [-0.2, 0) is 0 Å². The molecule has 4 rings (SSSR count). The summed E-state index contributed by atoms with van der Waals surface area (Å²) < 4.78 is 1.69. The predicted octanol–water partition coefficient (Wildman–Crippen LogP) is 1.00. The van der Waals surface area contributed by atoms with Crippen molar-refractivity contribution in [1.82, 2.24) is 34.4 Å². The van der Waals surface area contributed by atoms with Gasteiger partial charge in [-0.2, -0.15) is 10.1 Å². The van der Waals surface area contributed by atoms with Crippen LogP contribution in [0.25, 0.3) is 5.78 Å². The van der Waals surface area contributed by atoms with E-state index in [2.05, 4.69) is 43.8 Å². The smallest absolute Gasteiger partial charge is 0.272 e. The van der Waals surface area contributed by atoms with Crippen molar-refractivity contribution in [3.8, 4) is 0 Å². The fourth-order valence-corrected chi connectivity index (χ4v) is 3.11. The molecule has 0 atom stereocenters. The Hall–Kier alpha value is -3.10. The third-order valence-corrected chi connectivity index (χ3v) is 4.53. The van der Waals surface area contributed by atoms with Crippen LogP contribution in [0, 0.1) is 0 Å². The average molecular weight is 352 g/mol. The van der Waals surface area contributed by atoms with Gasteiger partial charge in [-0.15, -0.1) is 0 Å². The molecule has 134 valence electrons. The van der Waals surface area contributed by atoms with Gasteiger partial charge in [0, 0.05) is 38.6 Å². The number of carbonyl (C=O) groups is 1. The zero-order chi connectivity index (χ0) is 18.1. The van der Waals surface area contributed by atoms with Crippen molar-refractivity contribution in [2.75, 3.05) is 31.1 Å². The van der Waals surface area contributed by atoms with E-state index in [1.54, 1.807) is 23.1 Å². The first-order valence-corrected chi connectivity index (χ1v) is 8.64. The minimum Gasteiger partial charge on any atom is -0.352 e. The van der Waals surface area contributed by atoms with E-state index in [1.165, 1.54) is 6.33 Å². The SMILES string of the molecule is CC(C)c1cc(C(=O)N2CCN(c3cnccn3)CC2)nc2ncnn12. The lowest BCUT2D eigenvalue weighted by atomic mass is 10.1. The molecule has 1 aliphatic heterocycles. The van der Waals surface area contributed by atoms with E-state index < -0.39 is 0 Å². The molecule has 0 aromatic carbocycles. The molecule has 4 heterocycles. The first-order valence-electron chi connectivity index (χ1n) is 8.64. The summed E-state index contributed by atoms with van der Waals surface area (Å²) in [6, 6.07) is 1.82. The molecule has 0 radical (unpaired) electrons. The van der Waals surface area contributed by atoms with Crippen LogP contribution in [0.5, 0.6) is 0 Å². The van der Waals surface area contributed by atoms with Crippen molar-refractivity contribution in [3.63, 3.8) is 0 Å². The Kier molecular flexibility index (Phi) is 4.19. The Balaban J connectivity index is 1.53. The van der Waals surface area contributed by atoms with E-state index in [1.807, 2.05) is 11.0 Å². The Bertz CT molecular complexity index is 915. The maximum Gasteiger partial charge on any atom is 0.272 e. The molecule has 26 heavy (non-hydrogen) atoms. The lowest BCUT2D eigenvalue weighted by Crippen LogP contribution is -2.49. The van der Waals surface area contributed by atoms with E-state index in [0.717, 1.165) is 11.5 Å². The fourth-order valence-electron chi connectivity index (χ4n) is 3.11. The Morgan fingerprint density at radius 1 is 1.12 bits per heavy atom. The molecule has 9 heteroatoms. The van der Waals surface area contributed by atoms with Crippen molar-refractivity contribution in [2.45, 2.75) is 19.8 Å². The number of aromatic nitrogens is 6. The highest BCUT2D eigenvalue weighted by molar-refractivity contribution is 5.93. The van der Waals surface area contributed by atoms with Crippen LogP contribution in [0.1, 0.15) is 35.9 Å². The fraction of sp³-hybridized carbons (Fsp3) is 0.412. The summed E-state index contributed by atoms with van der Waals surface area (Å²) in [7, 11) is 0. The van der Waals surface area contributed by atoms with Gasteiger partial charge in [-0.25, -0.2) is 14.5 Å². The second-order valence-corrected chi connectivity index (χ2v) is 6.54. The summed E-state index contributed by atoms with van der Waals surface area (Å²) in [6.07, 6.45) is 6.54. The average Bonchev–Trinajstić information content (AvgIpc) is 3.16. The number of hydrogen-bond acceptors (Lipinski definition) is 7. The van der Waals surface area contributed by atoms with Gasteiger partial charge in [-0.1, -0.05) is 13.8 Å². The molecular weight excluding hydrogens is 332 g/mol. The van der Waals surface area contributed by atoms with Crippen molar-refractivity contribution in [2.24, 2.45) is 0 Å². The molecule has 0 spiro atoms. The van der Waals surface area contributed by atoms with E-state index >= 15 is 0 Å². The summed E-state index contributed by atoms with van der Waals surface area (Å²) in [5, 5.41) is 4.20. The number of piperazine rings is 1. The van der Waals surface area contributed by atoms with Gasteiger partial charge in [0.05, 0.1) is 11.9 Å². The minimum absolute atomic E-state index is 0.0730. The van der Waals surface area contributed by atoms with Crippen LogP contribution in [0.3, 0.4) is 0 Å². The summed E-state index contributed by atoms with van der Waals surface area (Å²) in [5.41, 5.74) is 1.34. The van der Waals surface area contributed by atoms with Crippen LogP contribution in [-0.4, -0.2) is 66.5 Å². The van der Waals surface area contributed by atoms with Crippen molar-refractivity contribution in [1.29, 1.82) is 0 Å². The van der Waals surface area contributed by atoms with Crippen LogP contribution in [0.15, 0.2) is 31.0 Å². The third kappa shape index (κ3) is 2.96. The van der Waals surface area contributed by atoms with Gasteiger partial charge in [0.1, 0.15) is 17.8 Å². The second kappa shape index (κ2) is 6.66. The first-order chi connectivity index (χ1) is 12.6. The van der Waals surface area contributed by atoms with Crippen LogP contribution in [0.4, 0.5) is 5.82 Å². The molecular formula is C17H20N8O. The number of carbonyl (C=O) groups excluding carboxylic acids is 1. The summed E-state index contributed by atoms with van der Waals surface area (Å²) in [5.74, 6) is 1.43. The van der Waals surface area contributed by atoms with E-state index in [-0.39, 0.29) is 11.8 Å². The Labute approximate surface area is 150 Å². The quantitative estimate of drug-likeness (QED) is 0.694. The number of amides is 1. The molecule has 0 N–H and O–H groups in total. The van der Waals surface area contributed by atoms with Crippen molar-refractivity contribution >= 4 is 17.5 Å². The minimum atomic E-state index is -0.0730. The number of anilines is 1. The van der Waals surface area contributed by atoms with Gasteiger partial charge < -0.3 is 9.80 Å². The zero-order valence-corrected chi connectivity index (χ0v) is 14.8. The first kappa shape index (κ1) is 16.4. The molecule has 0 unspecified atom stereocenters. The molecule has 1 fully saturated rings. The highest BCUT2D eigenvalue weighted by Crippen LogP contribution is 2.18. The van der Waals surface area contributed by atoms with Gasteiger partial charge in [-0.3, -0.25) is 9.78 Å².